The Bertz CT molecular complexity index is 873. The van der Waals surface area contributed by atoms with Crippen LogP contribution in [0.25, 0.3) is 10.2 Å². The molecule has 4 nitrogen and oxygen atoms in total. The summed E-state index contributed by atoms with van der Waals surface area (Å²) in [5, 5.41) is 2.95. The number of nitrogens with one attached hydrogen (secondary N) is 1. The topological polar surface area (TPSA) is 68.0 Å². The average Bonchev–Trinajstić information content (AvgIpc) is 2.90. The first kappa shape index (κ1) is 15.8. The highest BCUT2D eigenvalue weighted by Gasteiger charge is 2.09. The minimum Gasteiger partial charge on any atom is -0.399 e. The number of nitrogen functional groups attached to an aromatic ring is 1. The number of aryl methyl sites for hydroxylation is 2. The third-order valence-electron chi connectivity index (χ3n) is 3.38. The summed E-state index contributed by atoms with van der Waals surface area (Å²) in [7, 11) is 0. The van der Waals surface area contributed by atoms with Crippen LogP contribution in [0.3, 0.4) is 0 Å². The standard InChI is InChI=1S/C17H17N3OS2/c1-10-3-5-13(11(2)7-10)19-16(21)9-22-17-20-14-6-4-12(18)8-15(14)23-17/h3-8H,9,18H2,1-2H3,(H,19,21). The molecule has 0 bridgehead atoms. The quantitative estimate of drug-likeness (QED) is 0.549. The largest absolute Gasteiger partial charge is 0.399 e. The first-order valence-corrected chi connectivity index (χ1v) is 8.97. The molecule has 0 saturated heterocycles. The van der Waals surface area contributed by atoms with Gasteiger partial charge >= 0.3 is 0 Å². The Morgan fingerprint density at radius 2 is 2.09 bits per heavy atom. The van der Waals surface area contributed by atoms with Gasteiger partial charge in [0, 0.05) is 11.4 Å². The van der Waals surface area contributed by atoms with Crippen LogP contribution in [0.2, 0.25) is 0 Å². The predicted octanol–water partition coefficient (Wildman–Crippen LogP) is 4.23. The summed E-state index contributed by atoms with van der Waals surface area (Å²) in [5.41, 5.74) is 10.5. The fraction of sp³-hybridized carbons (Fsp3) is 0.176. The zero-order valence-corrected chi connectivity index (χ0v) is 14.6. The van der Waals surface area contributed by atoms with Gasteiger partial charge in [0.2, 0.25) is 5.91 Å². The van der Waals surface area contributed by atoms with Crippen LogP contribution in [-0.4, -0.2) is 16.6 Å². The zero-order valence-electron chi connectivity index (χ0n) is 12.9. The number of carbonyl (C=O) groups is 1. The molecule has 0 aliphatic heterocycles. The second-order valence-corrected chi connectivity index (χ2v) is 7.62. The molecule has 0 aliphatic carbocycles. The number of carbonyl (C=O) groups excluding carboxylic acids is 1. The first-order valence-electron chi connectivity index (χ1n) is 7.17. The van der Waals surface area contributed by atoms with E-state index in [0.717, 1.165) is 31.5 Å². The number of rotatable bonds is 4. The smallest absolute Gasteiger partial charge is 0.234 e. The van der Waals surface area contributed by atoms with Crippen LogP contribution < -0.4 is 11.1 Å². The van der Waals surface area contributed by atoms with Crippen LogP contribution in [0.5, 0.6) is 0 Å². The Morgan fingerprint density at radius 3 is 2.87 bits per heavy atom. The van der Waals surface area contributed by atoms with Gasteiger partial charge in [0.25, 0.3) is 0 Å². The summed E-state index contributed by atoms with van der Waals surface area (Å²) in [4.78, 5) is 16.6. The van der Waals surface area contributed by atoms with Crippen molar-refractivity contribution in [3.05, 3.63) is 47.5 Å². The van der Waals surface area contributed by atoms with Gasteiger partial charge in [0.1, 0.15) is 0 Å². The normalized spacial score (nSPS) is 10.9. The molecule has 2 aromatic carbocycles. The highest BCUT2D eigenvalue weighted by molar-refractivity contribution is 8.01. The summed E-state index contributed by atoms with van der Waals surface area (Å²) in [6.07, 6.45) is 0. The van der Waals surface area contributed by atoms with Crippen LogP contribution in [0.15, 0.2) is 40.7 Å². The molecule has 1 amide bonds. The second-order valence-electron chi connectivity index (χ2n) is 5.36. The molecule has 3 N–H and O–H groups in total. The first-order chi connectivity index (χ1) is 11.0. The zero-order chi connectivity index (χ0) is 16.4. The lowest BCUT2D eigenvalue weighted by Gasteiger charge is -2.08. The lowest BCUT2D eigenvalue weighted by atomic mass is 10.1. The van der Waals surface area contributed by atoms with Crippen LogP contribution >= 0.6 is 23.1 Å². The Morgan fingerprint density at radius 1 is 1.26 bits per heavy atom. The van der Waals surface area contributed by atoms with E-state index in [2.05, 4.69) is 16.4 Å². The highest BCUT2D eigenvalue weighted by Crippen LogP contribution is 2.30. The Labute approximate surface area is 143 Å². The lowest BCUT2D eigenvalue weighted by molar-refractivity contribution is -0.113. The number of thiazole rings is 1. The monoisotopic (exact) mass is 343 g/mol. The van der Waals surface area contributed by atoms with E-state index in [1.165, 1.54) is 17.3 Å². The number of fused-ring (bicyclic) bond motifs is 1. The van der Waals surface area contributed by atoms with Gasteiger partial charge in [-0.3, -0.25) is 4.79 Å². The molecule has 0 aliphatic rings. The summed E-state index contributed by atoms with van der Waals surface area (Å²) in [5.74, 6) is 0.309. The minimum atomic E-state index is -0.0271. The maximum atomic E-state index is 12.1. The Hall–Kier alpha value is -2.05. The van der Waals surface area contributed by atoms with E-state index in [0.29, 0.717) is 5.75 Å². The lowest BCUT2D eigenvalue weighted by Crippen LogP contribution is -2.14. The van der Waals surface area contributed by atoms with Gasteiger partial charge in [-0.25, -0.2) is 4.98 Å². The van der Waals surface area contributed by atoms with E-state index in [1.54, 1.807) is 11.3 Å². The second kappa shape index (κ2) is 6.60. The molecule has 0 unspecified atom stereocenters. The van der Waals surface area contributed by atoms with Crippen molar-refractivity contribution >= 4 is 50.6 Å². The van der Waals surface area contributed by atoms with Gasteiger partial charge in [-0.15, -0.1) is 11.3 Å². The van der Waals surface area contributed by atoms with Crippen LogP contribution in [0, 0.1) is 13.8 Å². The molecule has 1 heterocycles. The van der Waals surface area contributed by atoms with Crippen LogP contribution in [-0.2, 0) is 4.79 Å². The van der Waals surface area contributed by atoms with E-state index in [-0.39, 0.29) is 5.91 Å². The minimum absolute atomic E-state index is 0.0271. The summed E-state index contributed by atoms with van der Waals surface area (Å²) in [6, 6.07) is 11.6. The van der Waals surface area contributed by atoms with E-state index < -0.39 is 0 Å². The van der Waals surface area contributed by atoms with Gasteiger partial charge in [-0.2, -0.15) is 0 Å². The molecule has 0 radical (unpaired) electrons. The number of thioether (sulfide) groups is 1. The molecule has 3 aromatic rings. The number of amides is 1. The fourth-order valence-corrected chi connectivity index (χ4v) is 4.17. The molecule has 0 fully saturated rings. The SMILES string of the molecule is Cc1ccc(NC(=O)CSc2nc3ccc(N)cc3s2)c(C)c1. The Kier molecular flexibility index (Phi) is 4.54. The van der Waals surface area contributed by atoms with Gasteiger partial charge in [-0.1, -0.05) is 29.5 Å². The number of anilines is 2. The van der Waals surface area contributed by atoms with Crippen LogP contribution in [0.1, 0.15) is 11.1 Å². The van der Waals surface area contributed by atoms with Crippen molar-refractivity contribution in [2.24, 2.45) is 0 Å². The van der Waals surface area contributed by atoms with Crippen molar-refractivity contribution in [1.29, 1.82) is 0 Å². The predicted molar refractivity (Wildman–Crippen MR) is 99.3 cm³/mol. The van der Waals surface area contributed by atoms with Crippen molar-refractivity contribution in [3.8, 4) is 0 Å². The summed E-state index contributed by atoms with van der Waals surface area (Å²) >= 11 is 3.00. The molecule has 3 rings (SSSR count). The van der Waals surface area contributed by atoms with Crippen molar-refractivity contribution in [2.75, 3.05) is 16.8 Å². The average molecular weight is 343 g/mol. The highest BCUT2D eigenvalue weighted by atomic mass is 32.2. The molecule has 23 heavy (non-hydrogen) atoms. The fourth-order valence-electron chi connectivity index (χ4n) is 2.25. The molecular weight excluding hydrogens is 326 g/mol. The maximum Gasteiger partial charge on any atom is 0.234 e. The maximum absolute atomic E-state index is 12.1. The van der Waals surface area contributed by atoms with Gasteiger partial charge < -0.3 is 11.1 Å². The van der Waals surface area contributed by atoms with Crippen molar-refractivity contribution in [2.45, 2.75) is 18.2 Å². The number of nitrogens with two attached hydrogens (primary N) is 1. The molecule has 0 spiro atoms. The third kappa shape index (κ3) is 3.83. The van der Waals surface area contributed by atoms with E-state index in [9.17, 15) is 4.79 Å². The number of hydrogen-bond donors (Lipinski definition) is 2. The van der Waals surface area contributed by atoms with Gasteiger partial charge in [-0.05, 0) is 43.7 Å². The molecular formula is C17H17N3OS2. The number of nitrogens with zero attached hydrogens (tertiary/aromatic N) is 1. The van der Waals surface area contributed by atoms with Crippen molar-refractivity contribution in [1.82, 2.24) is 4.98 Å². The summed E-state index contributed by atoms with van der Waals surface area (Å²) < 4.78 is 1.92. The van der Waals surface area contributed by atoms with Crippen molar-refractivity contribution in [3.63, 3.8) is 0 Å². The van der Waals surface area contributed by atoms with Crippen LogP contribution in [0.4, 0.5) is 11.4 Å². The summed E-state index contributed by atoms with van der Waals surface area (Å²) in [6.45, 7) is 4.03. The molecule has 0 saturated carbocycles. The Balaban J connectivity index is 1.63. The van der Waals surface area contributed by atoms with E-state index in [1.807, 2.05) is 44.2 Å². The molecule has 0 atom stereocenters. The number of hydrogen-bond acceptors (Lipinski definition) is 5. The number of benzene rings is 2. The number of aromatic nitrogens is 1. The van der Waals surface area contributed by atoms with Gasteiger partial charge in [0.15, 0.2) is 4.34 Å². The molecule has 1 aromatic heterocycles. The third-order valence-corrected chi connectivity index (χ3v) is 5.54. The van der Waals surface area contributed by atoms with E-state index >= 15 is 0 Å². The van der Waals surface area contributed by atoms with Crippen molar-refractivity contribution < 1.29 is 4.79 Å². The molecule has 6 heteroatoms. The molecule has 118 valence electrons. The van der Waals surface area contributed by atoms with E-state index in [4.69, 9.17) is 5.73 Å². The van der Waals surface area contributed by atoms with Gasteiger partial charge in [0.05, 0.1) is 16.0 Å².